The third-order valence-corrected chi connectivity index (χ3v) is 5.92. The Hall–Kier alpha value is -9.03. The molecule has 0 heterocycles. The van der Waals surface area contributed by atoms with Gasteiger partial charge in [0.15, 0.2) is 41.4 Å². The number of carboxylic acid groups (broad SMARTS) is 4. The largest absolute Gasteiger partial charge is 0.871 e. The van der Waals surface area contributed by atoms with Crippen molar-refractivity contribution in [3.8, 4) is 11.5 Å². The van der Waals surface area contributed by atoms with E-state index in [4.69, 9.17) is 70.9 Å². The fourth-order valence-corrected chi connectivity index (χ4v) is 2.70. The number of aliphatic carboxylic acids is 2. The zero-order valence-electron chi connectivity index (χ0n) is 30.3. The van der Waals surface area contributed by atoms with Gasteiger partial charge in [-0.15, -0.1) is 5.11 Å². The number of azo groups is 1. The number of amides is 2. The van der Waals surface area contributed by atoms with Crippen LogP contribution in [0, 0.1) is 0 Å². The van der Waals surface area contributed by atoms with Gasteiger partial charge in [-0.2, -0.15) is 0 Å². The van der Waals surface area contributed by atoms with Crippen LogP contribution in [0.1, 0.15) is 0 Å². The number of carboxylic acids is 2. The van der Waals surface area contributed by atoms with E-state index in [1.165, 1.54) is 0 Å². The maximum Gasteiger partial charge on any atom is 0.450 e. The fourth-order valence-electron chi connectivity index (χ4n) is 2.70. The van der Waals surface area contributed by atoms with E-state index in [0.717, 1.165) is 0 Å². The standard InChI is InChI=1S/C6H4O6.C6H2O6.C5H3O5.C4H7N2O2.C4H6O4.C2H2N2O4.C2H2O4/c2*7-1-2(8)4(10)6(12)5(11)3(1)9;6-1-2(7)4(9)5(10)3(1)8;1-5-3(7)4(8)6-2;5-1-2(6)4(8)3(1)7;5-1(6)3-4-2(7)8;3-1(4)2(5)6/h7-8,11-12H;7-8H;1-2,6H;3-4,7H,1-2H2;1-2,5-8H;(H,5,6)(H,7,8);(H,3,4)(H,5,6)/q;;2*-1;;;/p-5. The van der Waals surface area contributed by atoms with Gasteiger partial charge in [0.25, 0.3) is 33.3 Å². The molecular formula is C29H21N4O31-7. The van der Waals surface area contributed by atoms with Crippen molar-refractivity contribution >= 4 is 66.5 Å². The van der Waals surface area contributed by atoms with Gasteiger partial charge in [0.2, 0.25) is 17.3 Å². The summed E-state index contributed by atoms with van der Waals surface area (Å²) >= 11 is 0. The van der Waals surface area contributed by atoms with Crippen molar-refractivity contribution < 1.29 is 135 Å². The van der Waals surface area contributed by atoms with E-state index >= 15 is 0 Å². The van der Waals surface area contributed by atoms with Gasteiger partial charge in [0, 0.05) is 6.23 Å². The molecule has 3 aliphatic rings. The lowest BCUT2D eigenvalue weighted by molar-refractivity contribution is -0.433. The molecule has 35 heteroatoms. The molecule has 11 N–H and O–H groups in total. The quantitative estimate of drug-likeness (QED) is 0.0441. The number of carbonyl (C=O) groups is 9. The van der Waals surface area contributed by atoms with Crippen molar-refractivity contribution in [3.05, 3.63) is 75.4 Å². The van der Waals surface area contributed by atoms with Crippen LogP contribution in [0.2, 0.25) is 0 Å². The number of hydrogen-bond acceptors (Lipinski definition) is 31. The number of aliphatic hydroxyl groups is 7. The van der Waals surface area contributed by atoms with Crippen molar-refractivity contribution in [2.45, 2.75) is 36.9 Å². The van der Waals surface area contributed by atoms with Crippen LogP contribution in [0.15, 0.2) is 73.9 Å². The fraction of sp³-hybridized carbons (Fsp3) is 0.207. The Morgan fingerprint density at radius 3 is 1.16 bits per heavy atom. The number of aliphatic hydroxyl groups excluding tert-OH is 7. The summed E-state index contributed by atoms with van der Waals surface area (Å²) in [6, 6.07) is 0. The Morgan fingerprint density at radius 2 is 0.984 bits per heavy atom. The van der Waals surface area contributed by atoms with E-state index in [9.17, 15) is 83.4 Å². The number of hydrogen-bond donors (Lipinski definition) is 11. The molecular weight excluding hydrogens is 900 g/mol. The number of carbonyl (C=O) groups excluding carboxylic acids is 7. The minimum atomic E-state index is -2.10. The summed E-state index contributed by atoms with van der Waals surface area (Å²) < 4.78 is 0. The van der Waals surface area contributed by atoms with E-state index in [0.29, 0.717) is 0 Å². The van der Waals surface area contributed by atoms with Crippen molar-refractivity contribution in [2.24, 2.45) is 20.2 Å². The lowest BCUT2D eigenvalue weighted by atomic mass is 9.98. The van der Waals surface area contributed by atoms with Crippen LogP contribution in [0.3, 0.4) is 0 Å². The van der Waals surface area contributed by atoms with Gasteiger partial charge < -0.3 is 106 Å². The molecule has 3 aliphatic carbocycles. The third-order valence-electron chi connectivity index (χ3n) is 5.92. The summed E-state index contributed by atoms with van der Waals surface area (Å²) in [5.41, 5.74) is -6.38. The molecule has 0 saturated heterocycles. The van der Waals surface area contributed by atoms with Crippen LogP contribution in [-0.4, -0.2) is 160 Å². The Labute approximate surface area is 345 Å². The second-order valence-electron chi connectivity index (χ2n) is 10.1. The number of phenolic OH excluding ortho intramolecular Hbond substituents is 2. The van der Waals surface area contributed by atoms with Crippen molar-refractivity contribution in [3.63, 3.8) is 0 Å². The van der Waals surface area contributed by atoms with Crippen molar-refractivity contribution in [2.75, 3.05) is 0 Å². The van der Waals surface area contributed by atoms with E-state index in [2.05, 4.69) is 33.6 Å². The highest BCUT2D eigenvalue weighted by molar-refractivity contribution is 6.69. The molecule has 64 heavy (non-hydrogen) atoms. The van der Waals surface area contributed by atoms with Crippen LogP contribution in [-0.2, 0) is 33.6 Å². The number of rotatable bonds is 3. The van der Waals surface area contributed by atoms with Gasteiger partial charge in [0.1, 0.15) is 24.1 Å². The highest BCUT2D eigenvalue weighted by atomic mass is 16.4. The number of ketones is 5. The van der Waals surface area contributed by atoms with E-state index in [1.807, 2.05) is 0 Å². The molecule has 0 radical (unpaired) electrons. The van der Waals surface area contributed by atoms with Gasteiger partial charge in [-0.25, -0.2) is 9.59 Å². The van der Waals surface area contributed by atoms with Gasteiger partial charge in [0.05, 0.1) is 0 Å². The second kappa shape index (κ2) is 26.2. The summed E-state index contributed by atoms with van der Waals surface area (Å²) in [5.74, 6) is -21.3. The predicted octanol–water partition coefficient (Wildman–Crippen LogP) is -14.9. The number of benzene rings is 1. The smallest absolute Gasteiger partial charge is 0.450 e. The molecule has 6 unspecified atom stereocenters. The van der Waals surface area contributed by atoms with Crippen LogP contribution in [0.25, 0.3) is 0 Å². The molecule has 2 amide bonds. The summed E-state index contributed by atoms with van der Waals surface area (Å²) in [5, 5.41) is 166. The predicted molar refractivity (Wildman–Crippen MR) is 173 cm³/mol. The molecule has 350 valence electrons. The van der Waals surface area contributed by atoms with E-state index in [1.54, 1.807) is 0 Å². The molecule has 6 atom stereocenters. The molecule has 1 fully saturated rings. The van der Waals surface area contributed by atoms with E-state index < -0.39 is 158 Å². The lowest BCUT2D eigenvalue weighted by Gasteiger charge is -2.35. The first-order chi connectivity index (χ1) is 29.1. The first kappa shape index (κ1) is 59.3. The van der Waals surface area contributed by atoms with Crippen molar-refractivity contribution in [1.29, 1.82) is 0 Å². The van der Waals surface area contributed by atoms with Gasteiger partial charge in [-0.1, -0.05) is 10.9 Å². The average Bonchev–Trinajstić information content (AvgIpc) is 3.43. The highest BCUT2D eigenvalue weighted by Crippen LogP contribution is 2.21. The molecule has 0 aromatic heterocycles. The zero-order chi connectivity index (χ0) is 51.4. The Balaban J connectivity index is -0.000000687. The number of aromatic hydroxyl groups is 2. The average molecular weight is 921 g/mol. The maximum absolute atomic E-state index is 10.5. The highest BCUT2D eigenvalue weighted by Gasteiger charge is 2.41. The van der Waals surface area contributed by atoms with Gasteiger partial charge in [-0.3, -0.25) is 48.1 Å². The molecule has 4 rings (SSSR count). The van der Waals surface area contributed by atoms with E-state index in [-0.39, 0.29) is 0 Å². The molecule has 0 spiro atoms. The molecule has 1 saturated carbocycles. The minimum Gasteiger partial charge on any atom is -0.871 e. The second-order valence-corrected chi connectivity index (χ2v) is 10.1. The van der Waals surface area contributed by atoms with Crippen LogP contribution < -0.4 is 57.5 Å². The summed E-state index contributed by atoms with van der Waals surface area (Å²) in [7, 11) is 0. The van der Waals surface area contributed by atoms with Crippen LogP contribution in [0.4, 0.5) is 9.59 Å². The molecule has 1 aromatic carbocycles. The molecule has 1 aromatic rings. The molecule has 0 aliphatic heterocycles. The Morgan fingerprint density at radius 1 is 0.594 bits per heavy atom. The van der Waals surface area contributed by atoms with Crippen LogP contribution >= 0.6 is 0 Å². The Kier molecular flexibility index (Phi) is 24.3. The number of aliphatic imine (C=N–C) groups is 2. The topological polar surface area (TPSA) is 655 Å². The number of phenols is 2. The monoisotopic (exact) mass is 921 g/mol. The maximum atomic E-state index is 10.5. The minimum absolute atomic E-state index is 0.641. The van der Waals surface area contributed by atoms with Gasteiger partial charge in [-0.05, 0) is 31.1 Å². The van der Waals surface area contributed by atoms with Gasteiger partial charge >= 0.3 is 12.1 Å². The van der Waals surface area contributed by atoms with Crippen molar-refractivity contribution in [1.82, 2.24) is 0 Å². The SMILES string of the molecule is C=NC([O-])C(O)N=C.O=C([O-])C(=O)O.O=C([O-])N=NC(=O)O.O=C1C(=O)C([O-])C(O)C1=O.O=C1C([O-])=C(O)C(=O)C(O)=C1[O-].O=c1c(O)c(O)c(=O)c(=O)c1=O.[O-]C1=C(O)C(O)C1O. The first-order valence-corrected chi connectivity index (χ1v) is 14.7. The molecule has 0 bridgehead atoms. The first-order valence-electron chi connectivity index (χ1n) is 14.7. The normalized spacial score (nSPS) is 19.3. The lowest BCUT2D eigenvalue weighted by Crippen LogP contribution is -2.45. The van der Waals surface area contributed by atoms with Crippen LogP contribution in [0.5, 0.6) is 11.5 Å². The number of Topliss-reactive ketones (excluding diaryl/α,β-unsaturated/α-hetero) is 5. The summed E-state index contributed by atoms with van der Waals surface area (Å²) in [6.07, 6.45) is -13.2. The Bertz CT molecular complexity index is 2210. The zero-order valence-corrected chi connectivity index (χ0v) is 30.3. The molecule has 35 nitrogen and oxygen atoms in total. The number of nitrogens with zero attached hydrogens (tertiary/aromatic N) is 4. The summed E-state index contributed by atoms with van der Waals surface area (Å²) in [6.45, 7) is 5.86. The summed E-state index contributed by atoms with van der Waals surface area (Å²) in [4.78, 5) is 136. The third kappa shape index (κ3) is 16.9.